The van der Waals surface area contributed by atoms with Crippen molar-refractivity contribution in [1.82, 2.24) is 9.97 Å². The van der Waals surface area contributed by atoms with Crippen molar-refractivity contribution in [3.63, 3.8) is 0 Å². The van der Waals surface area contributed by atoms with E-state index in [2.05, 4.69) is 15.3 Å². The lowest BCUT2D eigenvalue weighted by atomic mass is 10.1. The second kappa shape index (κ2) is 9.73. The van der Waals surface area contributed by atoms with Crippen LogP contribution in [-0.4, -0.2) is 47.3 Å². The van der Waals surface area contributed by atoms with Gasteiger partial charge in [0.1, 0.15) is 10.8 Å². The number of amides is 1. The molecule has 0 aromatic carbocycles. The summed E-state index contributed by atoms with van der Waals surface area (Å²) in [6.07, 6.45) is -10.5. The Kier molecular flexibility index (Phi) is 7.39. The van der Waals surface area contributed by atoms with Crippen molar-refractivity contribution in [3.05, 3.63) is 41.7 Å². The minimum absolute atomic E-state index is 0.0784. The number of nitrogens with zero attached hydrogens (tertiary/aromatic N) is 3. The lowest BCUT2D eigenvalue weighted by Crippen LogP contribution is -2.53. The van der Waals surface area contributed by atoms with E-state index in [0.717, 1.165) is 16.8 Å². The molecule has 1 aliphatic rings. The molecule has 0 saturated carbocycles. The van der Waals surface area contributed by atoms with Crippen molar-refractivity contribution in [2.75, 3.05) is 23.3 Å². The molecule has 0 aliphatic carbocycles. The second-order valence-electron chi connectivity index (χ2n) is 7.15. The van der Waals surface area contributed by atoms with Crippen LogP contribution in [0, 0.1) is 0 Å². The first-order valence-corrected chi connectivity index (χ1v) is 10.5. The number of ether oxygens (including phenoxy) is 1. The number of anilines is 2. The van der Waals surface area contributed by atoms with Crippen LogP contribution in [0.4, 0.5) is 37.8 Å². The number of hydrogen-bond donors (Lipinski definition) is 2. The quantitative estimate of drug-likeness (QED) is 0.473. The van der Waals surface area contributed by atoms with Crippen LogP contribution in [0.25, 0.3) is 0 Å². The highest BCUT2D eigenvalue weighted by molar-refractivity contribution is 7.97. The Hall–Kier alpha value is -2.58. The summed E-state index contributed by atoms with van der Waals surface area (Å²) in [5.41, 5.74) is -1.55. The van der Waals surface area contributed by atoms with E-state index in [9.17, 15) is 31.1 Å². The van der Waals surface area contributed by atoms with E-state index in [1.165, 1.54) is 18.3 Å². The zero-order valence-corrected chi connectivity index (χ0v) is 17.9. The molecule has 2 unspecified atom stereocenters. The van der Waals surface area contributed by atoms with E-state index >= 15 is 0 Å². The monoisotopic (exact) mass is 495 g/mol. The van der Waals surface area contributed by atoms with Crippen molar-refractivity contribution in [2.45, 2.75) is 42.9 Å². The van der Waals surface area contributed by atoms with Crippen LogP contribution in [0.3, 0.4) is 0 Å². The highest BCUT2D eigenvalue weighted by Gasteiger charge is 2.46. The van der Waals surface area contributed by atoms with Crippen molar-refractivity contribution in [3.8, 4) is 0 Å². The molecule has 0 radical (unpaired) electrons. The molecular weight excluding hydrogens is 476 g/mol. The van der Waals surface area contributed by atoms with E-state index in [1.54, 1.807) is 6.92 Å². The van der Waals surface area contributed by atoms with E-state index in [-0.39, 0.29) is 24.5 Å². The minimum Gasteiger partial charge on any atom is -0.362 e. The second-order valence-corrected chi connectivity index (χ2v) is 7.80. The average Bonchev–Trinajstić information content (AvgIpc) is 2.77. The lowest BCUT2D eigenvalue weighted by Gasteiger charge is -2.39. The molecular formula is C19H19F6N5O2S. The van der Waals surface area contributed by atoms with E-state index in [0.29, 0.717) is 17.3 Å². The predicted molar refractivity (Wildman–Crippen MR) is 109 cm³/mol. The van der Waals surface area contributed by atoms with Gasteiger partial charge < -0.3 is 15.0 Å². The van der Waals surface area contributed by atoms with Crippen molar-refractivity contribution >= 4 is 29.4 Å². The van der Waals surface area contributed by atoms with Gasteiger partial charge in [-0.25, -0.2) is 9.97 Å². The number of alkyl halides is 6. The number of carbonyl (C=O) groups excluding carboxylic acids is 1. The summed E-state index contributed by atoms with van der Waals surface area (Å²) in [7, 11) is 0. The van der Waals surface area contributed by atoms with Gasteiger partial charge in [0.25, 0.3) is 5.91 Å². The van der Waals surface area contributed by atoms with Crippen molar-refractivity contribution < 1.29 is 35.9 Å². The standard InChI is InChI=1S/C19H19F6N5O2S/c1-2-12-8-30(9-14(32-12)19(23,24)25)16-13(5-10(7-28-16)18(20,21)22)17(31)29-11-3-4-27-15(6-11)33-26/h3-7,12,14H,2,8-9,26H2,1H3,(H,27,29,31). The van der Waals surface area contributed by atoms with Gasteiger partial charge in [0.15, 0.2) is 6.10 Å². The van der Waals surface area contributed by atoms with Gasteiger partial charge in [0.05, 0.1) is 23.8 Å². The third-order valence-electron chi connectivity index (χ3n) is 4.84. The van der Waals surface area contributed by atoms with Crippen molar-refractivity contribution in [1.29, 1.82) is 0 Å². The lowest BCUT2D eigenvalue weighted by molar-refractivity contribution is -0.235. The molecule has 14 heteroatoms. The molecule has 3 N–H and O–H groups in total. The topological polar surface area (TPSA) is 93.4 Å². The maximum absolute atomic E-state index is 13.4. The number of halogens is 6. The smallest absolute Gasteiger partial charge is 0.362 e. The van der Waals surface area contributed by atoms with Gasteiger partial charge in [-0.05, 0) is 36.6 Å². The molecule has 3 rings (SSSR count). The Bertz CT molecular complexity index is 1000. The van der Waals surface area contributed by atoms with Gasteiger partial charge in [-0.3, -0.25) is 9.93 Å². The summed E-state index contributed by atoms with van der Waals surface area (Å²) in [5.74, 6) is -1.29. The molecule has 2 atom stereocenters. The van der Waals surface area contributed by atoms with Crippen LogP contribution < -0.4 is 15.4 Å². The normalized spacial score (nSPS) is 19.5. The molecule has 3 heterocycles. The van der Waals surface area contributed by atoms with Crippen LogP contribution >= 0.6 is 11.9 Å². The average molecular weight is 495 g/mol. The number of pyridine rings is 2. The van der Waals surface area contributed by atoms with Gasteiger partial charge in [0.2, 0.25) is 0 Å². The minimum atomic E-state index is -4.81. The summed E-state index contributed by atoms with van der Waals surface area (Å²) in [4.78, 5) is 21.7. The molecule has 2 aromatic rings. The highest BCUT2D eigenvalue weighted by Crippen LogP contribution is 2.35. The third-order valence-corrected chi connectivity index (χ3v) is 5.30. The zero-order valence-electron chi connectivity index (χ0n) is 17.1. The summed E-state index contributed by atoms with van der Waals surface area (Å²) < 4.78 is 85.0. The van der Waals surface area contributed by atoms with Gasteiger partial charge in [-0.15, -0.1) is 0 Å². The zero-order chi connectivity index (χ0) is 24.4. The largest absolute Gasteiger partial charge is 0.417 e. The first kappa shape index (κ1) is 25.1. The molecule has 7 nitrogen and oxygen atoms in total. The van der Waals surface area contributed by atoms with Crippen LogP contribution in [-0.2, 0) is 10.9 Å². The van der Waals surface area contributed by atoms with Crippen LogP contribution in [0.2, 0.25) is 0 Å². The highest BCUT2D eigenvalue weighted by atomic mass is 32.2. The van der Waals surface area contributed by atoms with Crippen molar-refractivity contribution in [2.24, 2.45) is 5.14 Å². The van der Waals surface area contributed by atoms with Gasteiger partial charge in [0, 0.05) is 24.6 Å². The molecule has 2 aromatic heterocycles. The summed E-state index contributed by atoms with van der Waals surface area (Å²) >= 11 is 0.791. The van der Waals surface area contributed by atoms with E-state index in [1.807, 2.05) is 0 Å². The first-order chi connectivity index (χ1) is 15.4. The molecule has 0 spiro atoms. The SMILES string of the molecule is CCC1CN(c2ncc(C(F)(F)F)cc2C(=O)Nc2ccnc(SN)c2)CC(C(F)(F)F)O1. The Labute approximate surface area is 188 Å². The number of rotatable bonds is 5. The van der Waals surface area contributed by atoms with Gasteiger partial charge in [-0.1, -0.05) is 6.92 Å². The molecule has 1 amide bonds. The van der Waals surface area contributed by atoms with E-state index in [4.69, 9.17) is 9.88 Å². The molecule has 33 heavy (non-hydrogen) atoms. The van der Waals surface area contributed by atoms with Crippen LogP contribution in [0.5, 0.6) is 0 Å². The molecule has 1 saturated heterocycles. The summed E-state index contributed by atoms with van der Waals surface area (Å²) in [6, 6.07) is 3.35. The number of hydrogen-bond acceptors (Lipinski definition) is 7. The van der Waals surface area contributed by atoms with E-state index < -0.39 is 48.1 Å². The Morgan fingerprint density at radius 2 is 1.97 bits per heavy atom. The molecule has 0 bridgehead atoms. The molecule has 1 fully saturated rings. The fourth-order valence-electron chi connectivity index (χ4n) is 3.20. The predicted octanol–water partition coefficient (Wildman–Crippen LogP) is 4.26. The van der Waals surface area contributed by atoms with Crippen LogP contribution in [0.1, 0.15) is 29.3 Å². The Balaban J connectivity index is 2.01. The number of morpholine rings is 1. The van der Waals surface area contributed by atoms with Gasteiger partial charge >= 0.3 is 12.4 Å². The third kappa shape index (κ3) is 6.06. The fourth-order valence-corrected chi connectivity index (χ4v) is 3.52. The summed E-state index contributed by atoms with van der Waals surface area (Å²) in [6.45, 7) is 0.818. The molecule has 180 valence electrons. The Morgan fingerprint density at radius 3 is 2.58 bits per heavy atom. The number of carbonyl (C=O) groups is 1. The number of aromatic nitrogens is 2. The fraction of sp³-hybridized carbons (Fsp3) is 0.421. The molecule has 1 aliphatic heterocycles. The maximum atomic E-state index is 13.4. The maximum Gasteiger partial charge on any atom is 0.417 e. The number of nitrogens with two attached hydrogens (primary N) is 1. The van der Waals surface area contributed by atoms with Crippen LogP contribution in [0.15, 0.2) is 35.6 Å². The Morgan fingerprint density at radius 1 is 1.24 bits per heavy atom. The first-order valence-electron chi connectivity index (χ1n) is 9.60. The van der Waals surface area contributed by atoms with Gasteiger partial charge in [-0.2, -0.15) is 26.3 Å². The number of nitrogens with one attached hydrogen (secondary N) is 1. The summed E-state index contributed by atoms with van der Waals surface area (Å²) in [5, 5.41) is 8.18.